The molecule has 0 amide bonds. The van der Waals surface area contributed by atoms with Gasteiger partial charge in [-0.2, -0.15) is 0 Å². The molecule has 67 valence electrons. The van der Waals surface area contributed by atoms with E-state index in [0.29, 0.717) is 16.9 Å². The molecular formula is C8H7IN2OY-2. The fourth-order valence-corrected chi connectivity index (χ4v) is 1.23. The van der Waals surface area contributed by atoms with Crippen LogP contribution >= 0.6 is 22.6 Å². The summed E-state index contributed by atoms with van der Waals surface area (Å²) in [5, 5.41) is 2.80. The van der Waals surface area contributed by atoms with E-state index in [4.69, 9.17) is 0 Å². The van der Waals surface area contributed by atoms with Crippen LogP contribution < -0.4 is 5.32 Å². The van der Waals surface area contributed by atoms with Crippen LogP contribution in [0.4, 0.5) is 5.82 Å². The van der Waals surface area contributed by atoms with Crippen molar-refractivity contribution in [2.24, 2.45) is 0 Å². The molecule has 0 saturated heterocycles. The molecule has 0 atom stereocenters. The van der Waals surface area contributed by atoms with Gasteiger partial charge in [0.2, 0.25) is 0 Å². The number of pyridine rings is 1. The van der Waals surface area contributed by atoms with E-state index in [2.05, 4.69) is 39.8 Å². The summed E-state index contributed by atoms with van der Waals surface area (Å²) in [6, 6.07) is 0. The van der Waals surface area contributed by atoms with Crippen LogP contribution in [0.2, 0.25) is 0 Å². The SMILES string of the molecule is [CH2-]c1c(I)cnc(NC)c1[C-]=O.[Y]. The number of hydrogen-bond acceptors (Lipinski definition) is 3. The van der Waals surface area contributed by atoms with Crippen molar-refractivity contribution in [2.45, 2.75) is 0 Å². The summed E-state index contributed by atoms with van der Waals surface area (Å²) in [4.78, 5) is 14.5. The average molecular weight is 363 g/mol. The van der Waals surface area contributed by atoms with Crippen LogP contribution in [0.1, 0.15) is 11.1 Å². The summed E-state index contributed by atoms with van der Waals surface area (Å²) in [5.41, 5.74) is 1.08. The molecule has 0 aliphatic rings. The molecule has 1 aromatic heterocycles. The molecule has 0 spiro atoms. The summed E-state index contributed by atoms with van der Waals surface area (Å²) in [7, 11) is 1.70. The molecule has 1 N–H and O–H groups in total. The van der Waals surface area contributed by atoms with E-state index in [9.17, 15) is 4.79 Å². The van der Waals surface area contributed by atoms with E-state index >= 15 is 0 Å². The van der Waals surface area contributed by atoms with E-state index in [1.54, 1.807) is 13.2 Å². The van der Waals surface area contributed by atoms with Gasteiger partial charge in [0.25, 0.3) is 0 Å². The number of halogens is 1. The maximum absolute atomic E-state index is 10.5. The summed E-state index contributed by atoms with van der Waals surface area (Å²) >= 11 is 2.07. The fraction of sp³-hybridized carbons (Fsp3) is 0.125. The number of nitrogens with one attached hydrogen (secondary N) is 1. The molecule has 0 aliphatic heterocycles. The monoisotopic (exact) mass is 363 g/mol. The van der Waals surface area contributed by atoms with Crippen LogP contribution in [-0.4, -0.2) is 18.3 Å². The normalized spacial score (nSPS) is 8.77. The zero-order valence-corrected chi connectivity index (χ0v) is 12.1. The Morgan fingerprint density at radius 3 is 2.77 bits per heavy atom. The van der Waals surface area contributed by atoms with Crippen molar-refractivity contribution in [3.63, 3.8) is 0 Å². The molecule has 0 aliphatic carbocycles. The third-order valence-corrected chi connectivity index (χ3v) is 2.40. The minimum Gasteiger partial charge on any atom is -0.434 e. The van der Waals surface area contributed by atoms with Gasteiger partial charge >= 0.3 is 0 Å². The summed E-state index contributed by atoms with van der Waals surface area (Å²) in [5.74, 6) is 0.524. The minimum atomic E-state index is 0. The molecule has 0 bridgehead atoms. The van der Waals surface area contributed by atoms with Gasteiger partial charge in [-0.25, -0.2) is 5.56 Å². The zero-order chi connectivity index (χ0) is 9.14. The van der Waals surface area contributed by atoms with Crippen molar-refractivity contribution in [1.29, 1.82) is 0 Å². The minimum absolute atomic E-state index is 0. The van der Waals surface area contributed by atoms with Crippen molar-refractivity contribution in [3.05, 3.63) is 27.8 Å². The van der Waals surface area contributed by atoms with E-state index in [-0.39, 0.29) is 32.7 Å². The first-order chi connectivity index (χ1) is 5.70. The third-order valence-electron chi connectivity index (χ3n) is 1.47. The Kier molecular flexibility index (Phi) is 6.08. The topological polar surface area (TPSA) is 42.0 Å². The van der Waals surface area contributed by atoms with Crippen molar-refractivity contribution >= 4 is 34.7 Å². The Bertz CT molecular complexity index is 317. The Labute approximate surface area is 116 Å². The first kappa shape index (κ1) is 13.3. The largest absolute Gasteiger partial charge is 0.434 e. The van der Waals surface area contributed by atoms with Crippen LogP contribution in [0, 0.1) is 10.5 Å². The molecule has 0 aromatic carbocycles. The summed E-state index contributed by atoms with van der Waals surface area (Å²) in [6.07, 6.45) is 3.48. The molecule has 5 heteroatoms. The van der Waals surface area contributed by atoms with Crippen LogP contribution in [0.25, 0.3) is 0 Å². The van der Waals surface area contributed by atoms with E-state index in [0.717, 1.165) is 3.57 Å². The Hall–Kier alpha value is 0.324. The van der Waals surface area contributed by atoms with Gasteiger partial charge in [-0.05, 0) is 25.3 Å². The van der Waals surface area contributed by atoms with Crippen molar-refractivity contribution in [2.75, 3.05) is 12.4 Å². The van der Waals surface area contributed by atoms with Crippen LogP contribution in [0.5, 0.6) is 0 Å². The van der Waals surface area contributed by atoms with Crippen molar-refractivity contribution < 1.29 is 37.5 Å². The molecule has 1 rings (SSSR count). The quantitative estimate of drug-likeness (QED) is 0.638. The van der Waals surface area contributed by atoms with Gasteiger partial charge in [-0.1, -0.05) is 0 Å². The number of rotatable bonds is 2. The number of anilines is 1. The first-order valence-electron chi connectivity index (χ1n) is 3.27. The maximum Gasteiger partial charge on any atom is 0 e. The van der Waals surface area contributed by atoms with Crippen molar-refractivity contribution in [1.82, 2.24) is 4.98 Å². The molecule has 1 radical (unpaired) electrons. The number of hydrogen-bond donors (Lipinski definition) is 1. The molecule has 0 fully saturated rings. The van der Waals surface area contributed by atoms with Gasteiger partial charge in [-0.15, -0.1) is 26.2 Å². The van der Waals surface area contributed by atoms with Gasteiger partial charge < -0.3 is 15.1 Å². The Morgan fingerprint density at radius 1 is 1.69 bits per heavy atom. The smallest absolute Gasteiger partial charge is 0 e. The number of nitrogens with zero attached hydrogens (tertiary/aromatic N) is 1. The van der Waals surface area contributed by atoms with E-state index in [1.807, 2.05) is 6.29 Å². The second-order valence-corrected chi connectivity index (χ2v) is 3.32. The second-order valence-electron chi connectivity index (χ2n) is 2.16. The Morgan fingerprint density at radius 2 is 2.31 bits per heavy atom. The molecule has 1 aromatic rings. The maximum atomic E-state index is 10.5. The molecule has 1 heterocycles. The van der Waals surface area contributed by atoms with Gasteiger partial charge in [0.15, 0.2) is 0 Å². The van der Waals surface area contributed by atoms with Gasteiger partial charge in [-0.3, -0.25) is 12.5 Å². The molecule has 0 unspecified atom stereocenters. The average Bonchev–Trinajstić information content (AvgIpc) is 2.09. The third kappa shape index (κ3) is 2.89. The summed E-state index contributed by atoms with van der Waals surface area (Å²) < 4.78 is 0.866. The van der Waals surface area contributed by atoms with E-state index in [1.165, 1.54) is 0 Å². The predicted octanol–water partition coefficient (Wildman–Crippen LogP) is 1.37. The van der Waals surface area contributed by atoms with Crippen LogP contribution in [0.15, 0.2) is 6.20 Å². The number of aromatic nitrogens is 1. The molecule has 3 nitrogen and oxygen atoms in total. The van der Waals surface area contributed by atoms with Gasteiger partial charge in [0.1, 0.15) is 0 Å². The molecule has 13 heavy (non-hydrogen) atoms. The van der Waals surface area contributed by atoms with Gasteiger partial charge in [0.05, 0.1) is 0 Å². The standard InChI is InChI=1S/C8H7IN2O.Y/c1-5-6(4-12)8(10-2)11-3-7(5)9;/h3H,1H2,2H3,(H,10,11);/q-2;. The predicted molar refractivity (Wildman–Crippen MR) is 55.8 cm³/mol. The van der Waals surface area contributed by atoms with Crippen LogP contribution in [-0.2, 0) is 37.5 Å². The fourth-order valence-electron chi connectivity index (χ4n) is 0.826. The first-order valence-corrected chi connectivity index (χ1v) is 4.35. The van der Waals surface area contributed by atoms with Crippen molar-refractivity contribution in [3.8, 4) is 0 Å². The molecule has 0 saturated carbocycles. The Balaban J connectivity index is 0.00000144. The van der Waals surface area contributed by atoms with Crippen LogP contribution in [0.3, 0.4) is 0 Å². The zero-order valence-electron chi connectivity index (χ0n) is 7.10. The van der Waals surface area contributed by atoms with Gasteiger partial charge in [0, 0.05) is 32.7 Å². The summed E-state index contributed by atoms with van der Waals surface area (Å²) in [6.45, 7) is 3.75. The number of carbonyl (C=O) groups excluding carboxylic acids is 1. The van der Waals surface area contributed by atoms with E-state index < -0.39 is 0 Å². The second kappa shape index (κ2) is 5.93. The molecular weight excluding hydrogens is 356 g/mol.